The Hall–Kier alpha value is -2.49. The van der Waals surface area contributed by atoms with E-state index in [0.29, 0.717) is 39.5 Å². The average Bonchev–Trinajstić information content (AvgIpc) is 2.75. The van der Waals surface area contributed by atoms with Gasteiger partial charge in [0.1, 0.15) is 23.7 Å². The lowest BCUT2D eigenvalue weighted by Crippen LogP contribution is -2.37. The Balaban J connectivity index is 1.45. The van der Waals surface area contributed by atoms with Gasteiger partial charge in [0.25, 0.3) is 0 Å². The second-order valence-corrected chi connectivity index (χ2v) is 7.89. The first-order valence-electron chi connectivity index (χ1n) is 9.79. The lowest BCUT2D eigenvalue weighted by atomic mass is 10.2. The molecule has 7 nitrogen and oxygen atoms in total. The molecule has 0 spiro atoms. The molecule has 1 aromatic heterocycles. The molecule has 0 aliphatic carbocycles. The van der Waals surface area contributed by atoms with Crippen LogP contribution in [0.1, 0.15) is 6.42 Å². The summed E-state index contributed by atoms with van der Waals surface area (Å²) in [7, 11) is 0. The molecule has 1 aliphatic rings. The van der Waals surface area contributed by atoms with Crippen molar-refractivity contribution in [1.29, 1.82) is 0 Å². The predicted molar refractivity (Wildman–Crippen MR) is 119 cm³/mol. The van der Waals surface area contributed by atoms with E-state index in [1.54, 1.807) is 18.2 Å². The quantitative estimate of drug-likeness (QED) is 0.395. The van der Waals surface area contributed by atoms with Gasteiger partial charge < -0.3 is 20.5 Å². The van der Waals surface area contributed by atoms with Gasteiger partial charge in [-0.1, -0.05) is 0 Å². The summed E-state index contributed by atoms with van der Waals surface area (Å²) in [5.41, 5.74) is 8.16. The number of aromatic nitrogens is 2. The van der Waals surface area contributed by atoms with Gasteiger partial charge in [-0.3, -0.25) is 4.90 Å². The van der Waals surface area contributed by atoms with Gasteiger partial charge in [-0.05, 0) is 46.6 Å². The van der Waals surface area contributed by atoms with Crippen molar-refractivity contribution in [3.8, 4) is 5.75 Å². The van der Waals surface area contributed by atoms with Crippen LogP contribution < -0.4 is 15.8 Å². The smallest absolute Gasteiger partial charge is 0.144 e. The van der Waals surface area contributed by atoms with Crippen LogP contribution in [0.2, 0.25) is 0 Å². The van der Waals surface area contributed by atoms with Gasteiger partial charge in [0.2, 0.25) is 0 Å². The molecular weight excluding hydrogens is 453 g/mol. The number of nitrogens with zero attached hydrogens (tertiary/aromatic N) is 3. The Morgan fingerprint density at radius 3 is 2.83 bits per heavy atom. The van der Waals surface area contributed by atoms with Crippen LogP contribution in [0.4, 0.5) is 21.6 Å². The summed E-state index contributed by atoms with van der Waals surface area (Å²) in [6.45, 7) is 5.07. The standard InChI is InChI=1S/C21H23BrFN5O2/c22-16-10-14(2-3-17(16)23)27-21-15-11-18(24)20(12-19(15)25-13-26-21)30-7-1-4-28-5-8-29-9-6-28/h2-3,10-13H,1,4-9,24H2,(H,25,26,27). The molecule has 3 N–H and O–H groups in total. The van der Waals surface area contributed by atoms with Crippen molar-refractivity contribution < 1.29 is 13.9 Å². The number of morpholine rings is 1. The van der Waals surface area contributed by atoms with E-state index in [-0.39, 0.29) is 5.82 Å². The average molecular weight is 476 g/mol. The van der Waals surface area contributed by atoms with Crippen LogP contribution in [0, 0.1) is 5.82 Å². The van der Waals surface area contributed by atoms with Crippen LogP contribution in [0.5, 0.6) is 5.75 Å². The summed E-state index contributed by atoms with van der Waals surface area (Å²) in [6, 6.07) is 8.30. The SMILES string of the molecule is Nc1cc2c(Nc3ccc(F)c(Br)c3)ncnc2cc1OCCCN1CCOCC1. The van der Waals surface area contributed by atoms with Gasteiger partial charge in [0.05, 0.1) is 35.5 Å². The molecule has 1 fully saturated rings. The lowest BCUT2D eigenvalue weighted by molar-refractivity contribution is 0.0358. The molecule has 0 amide bonds. The molecular formula is C21H23BrFN5O2. The molecule has 4 rings (SSSR count). The zero-order valence-electron chi connectivity index (χ0n) is 16.4. The molecule has 2 aromatic carbocycles. The minimum Gasteiger partial charge on any atom is -0.491 e. The molecule has 9 heteroatoms. The highest BCUT2D eigenvalue weighted by atomic mass is 79.9. The maximum Gasteiger partial charge on any atom is 0.144 e. The Kier molecular flexibility index (Phi) is 6.61. The highest BCUT2D eigenvalue weighted by Gasteiger charge is 2.12. The van der Waals surface area contributed by atoms with E-state index in [1.165, 1.54) is 12.4 Å². The number of fused-ring (bicyclic) bond motifs is 1. The predicted octanol–water partition coefficient (Wildman–Crippen LogP) is 3.96. The van der Waals surface area contributed by atoms with E-state index >= 15 is 0 Å². The van der Waals surface area contributed by atoms with Gasteiger partial charge in [-0.2, -0.15) is 0 Å². The molecule has 30 heavy (non-hydrogen) atoms. The molecule has 1 saturated heterocycles. The van der Waals surface area contributed by atoms with Gasteiger partial charge >= 0.3 is 0 Å². The topological polar surface area (TPSA) is 85.5 Å². The third-order valence-corrected chi connectivity index (χ3v) is 5.54. The molecule has 0 saturated carbocycles. The maximum absolute atomic E-state index is 13.5. The number of anilines is 3. The van der Waals surface area contributed by atoms with Gasteiger partial charge in [0, 0.05) is 36.8 Å². The first kappa shape index (κ1) is 20.8. The van der Waals surface area contributed by atoms with E-state index in [1.807, 2.05) is 6.07 Å². The number of halogens is 2. The molecule has 158 valence electrons. The molecule has 0 atom stereocenters. The minimum absolute atomic E-state index is 0.326. The molecule has 0 unspecified atom stereocenters. The van der Waals surface area contributed by atoms with E-state index in [4.69, 9.17) is 15.2 Å². The number of nitrogens with two attached hydrogens (primary N) is 1. The van der Waals surface area contributed by atoms with Gasteiger partial charge in [-0.25, -0.2) is 14.4 Å². The second-order valence-electron chi connectivity index (χ2n) is 7.04. The number of nitrogens with one attached hydrogen (secondary N) is 1. The third kappa shape index (κ3) is 4.97. The highest BCUT2D eigenvalue weighted by Crippen LogP contribution is 2.32. The first-order valence-corrected chi connectivity index (χ1v) is 10.6. The summed E-state index contributed by atoms with van der Waals surface area (Å²) in [5.74, 6) is 0.871. The van der Waals surface area contributed by atoms with Crippen LogP contribution in [0.25, 0.3) is 10.9 Å². The van der Waals surface area contributed by atoms with Crippen molar-refractivity contribution >= 4 is 44.0 Å². The largest absolute Gasteiger partial charge is 0.491 e. The van der Waals surface area contributed by atoms with Crippen LogP contribution in [0.3, 0.4) is 0 Å². The normalized spacial score (nSPS) is 14.7. The third-order valence-electron chi connectivity index (χ3n) is 4.93. The molecule has 0 radical (unpaired) electrons. The van der Waals surface area contributed by atoms with Crippen molar-refractivity contribution in [2.75, 3.05) is 50.5 Å². The summed E-state index contributed by atoms with van der Waals surface area (Å²) in [4.78, 5) is 11.0. The molecule has 2 heterocycles. The fraction of sp³-hybridized carbons (Fsp3) is 0.333. The minimum atomic E-state index is -0.326. The van der Waals surface area contributed by atoms with Crippen molar-refractivity contribution in [2.45, 2.75) is 6.42 Å². The van der Waals surface area contributed by atoms with E-state index in [0.717, 1.165) is 44.7 Å². The number of ether oxygens (including phenoxy) is 2. The Bertz CT molecular complexity index is 1030. The van der Waals surface area contributed by atoms with Gasteiger partial charge in [-0.15, -0.1) is 0 Å². The zero-order valence-corrected chi connectivity index (χ0v) is 18.0. The summed E-state index contributed by atoms with van der Waals surface area (Å²) < 4.78 is 25.1. The maximum atomic E-state index is 13.5. The van der Waals surface area contributed by atoms with Crippen molar-refractivity contribution in [3.63, 3.8) is 0 Å². The Morgan fingerprint density at radius 2 is 2.03 bits per heavy atom. The Labute approximate surface area is 182 Å². The second kappa shape index (κ2) is 9.55. The van der Waals surface area contributed by atoms with Gasteiger partial charge in [0.15, 0.2) is 0 Å². The van der Waals surface area contributed by atoms with Crippen LogP contribution >= 0.6 is 15.9 Å². The van der Waals surface area contributed by atoms with Crippen molar-refractivity contribution in [1.82, 2.24) is 14.9 Å². The summed E-state index contributed by atoms with van der Waals surface area (Å²) in [6.07, 6.45) is 2.38. The molecule has 1 aliphatic heterocycles. The first-order chi connectivity index (χ1) is 14.6. The highest BCUT2D eigenvalue weighted by molar-refractivity contribution is 9.10. The van der Waals surface area contributed by atoms with Crippen molar-refractivity contribution in [3.05, 3.63) is 46.9 Å². The fourth-order valence-electron chi connectivity index (χ4n) is 3.33. The molecule has 0 bridgehead atoms. The van der Waals surface area contributed by atoms with Crippen LogP contribution in [0.15, 0.2) is 41.1 Å². The summed E-state index contributed by atoms with van der Waals surface area (Å²) >= 11 is 3.19. The molecule has 3 aromatic rings. The number of nitrogen functional groups attached to an aromatic ring is 1. The number of hydrogen-bond donors (Lipinski definition) is 2. The number of benzene rings is 2. The fourth-order valence-corrected chi connectivity index (χ4v) is 3.71. The van der Waals surface area contributed by atoms with Crippen LogP contribution in [-0.2, 0) is 4.74 Å². The van der Waals surface area contributed by atoms with E-state index in [9.17, 15) is 4.39 Å². The number of hydrogen-bond acceptors (Lipinski definition) is 7. The van der Waals surface area contributed by atoms with Crippen molar-refractivity contribution in [2.24, 2.45) is 0 Å². The zero-order chi connectivity index (χ0) is 20.9. The number of rotatable bonds is 7. The van der Waals surface area contributed by atoms with E-state index < -0.39 is 0 Å². The summed E-state index contributed by atoms with van der Waals surface area (Å²) in [5, 5.41) is 3.95. The monoisotopic (exact) mass is 475 g/mol. The van der Waals surface area contributed by atoms with Crippen LogP contribution in [-0.4, -0.2) is 54.3 Å². The van der Waals surface area contributed by atoms with E-state index in [2.05, 4.69) is 36.1 Å². The lowest BCUT2D eigenvalue weighted by Gasteiger charge is -2.26. The Morgan fingerprint density at radius 1 is 1.20 bits per heavy atom.